The van der Waals surface area contributed by atoms with Crippen LogP contribution in [-0.2, 0) is 19.1 Å². The molecule has 2 aliphatic rings. The monoisotopic (exact) mass is 529 g/mol. The molecule has 190 valence electrons. The van der Waals surface area contributed by atoms with Crippen molar-refractivity contribution in [1.82, 2.24) is 19.6 Å². The van der Waals surface area contributed by atoms with Crippen molar-refractivity contribution in [2.24, 2.45) is 0 Å². The lowest BCUT2D eigenvalue weighted by Crippen LogP contribution is -2.57. The number of carbonyl (C=O) groups is 3. The number of piperazine rings is 1. The van der Waals surface area contributed by atoms with Crippen molar-refractivity contribution in [3.8, 4) is 0 Å². The molecule has 10 nitrogen and oxygen atoms in total. The summed E-state index contributed by atoms with van der Waals surface area (Å²) < 4.78 is 6.64. The van der Waals surface area contributed by atoms with E-state index in [1.165, 1.54) is 17.6 Å². The third-order valence-corrected chi connectivity index (χ3v) is 7.72. The predicted octanol–water partition coefficient (Wildman–Crippen LogP) is 1.87. The molecular formula is C24H27N5O5S2. The fourth-order valence-corrected chi connectivity index (χ4v) is 5.68. The largest absolute Gasteiger partial charge is 0.469 e. The minimum Gasteiger partial charge on any atom is -0.469 e. The van der Waals surface area contributed by atoms with Crippen molar-refractivity contribution in [2.45, 2.75) is 45.7 Å². The number of anilines is 1. The third-order valence-electron chi connectivity index (χ3n) is 6.39. The van der Waals surface area contributed by atoms with E-state index in [4.69, 9.17) is 21.9 Å². The second-order valence-corrected chi connectivity index (χ2v) is 10.3. The standard InChI is InChI=1S/C24H27N5O5S2/c1-5-14(3)29-23(33)17(36-24(29)35)11-15-20(26-19-13(2)7-6-9-28(19)22(15)32)27-10-8-25-21(31)16(27)12-18(30)34-4/h6-7,9,11,14,16H,5,8,10,12H2,1-4H3,(H,25,31)/b17-11-. The number of nitrogens with zero attached hydrogens (tertiary/aromatic N) is 4. The number of amides is 2. The number of methoxy groups -OCH3 is 1. The molecule has 0 bridgehead atoms. The zero-order valence-corrected chi connectivity index (χ0v) is 22.1. The quantitative estimate of drug-likeness (QED) is 0.340. The molecule has 2 aliphatic heterocycles. The van der Waals surface area contributed by atoms with Gasteiger partial charge in [0.2, 0.25) is 5.91 Å². The lowest BCUT2D eigenvalue weighted by atomic mass is 10.1. The van der Waals surface area contributed by atoms with Crippen molar-refractivity contribution in [3.63, 3.8) is 0 Å². The Hall–Kier alpha value is -3.25. The van der Waals surface area contributed by atoms with E-state index >= 15 is 0 Å². The number of fused-ring (bicyclic) bond motifs is 1. The van der Waals surface area contributed by atoms with Crippen LogP contribution >= 0.6 is 24.0 Å². The van der Waals surface area contributed by atoms with Gasteiger partial charge in [0, 0.05) is 25.3 Å². The highest BCUT2D eigenvalue weighted by molar-refractivity contribution is 8.26. The summed E-state index contributed by atoms with van der Waals surface area (Å²) in [6.07, 6.45) is 3.62. The lowest BCUT2D eigenvalue weighted by molar-refractivity contribution is -0.143. The van der Waals surface area contributed by atoms with E-state index in [0.717, 1.165) is 23.7 Å². The lowest BCUT2D eigenvalue weighted by Gasteiger charge is -2.36. The molecule has 12 heteroatoms. The van der Waals surface area contributed by atoms with Crippen LogP contribution in [0.15, 0.2) is 28.0 Å². The number of aryl methyl sites for hydroxylation is 1. The van der Waals surface area contributed by atoms with Crippen molar-refractivity contribution >= 4 is 63.6 Å². The van der Waals surface area contributed by atoms with Gasteiger partial charge in [0.05, 0.1) is 24.0 Å². The van der Waals surface area contributed by atoms with Crippen molar-refractivity contribution in [3.05, 3.63) is 44.7 Å². The molecule has 0 saturated carbocycles. The van der Waals surface area contributed by atoms with Crippen molar-refractivity contribution < 1.29 is 19.1 Å². The Morgan fingerprint density at radius 3 is 2.83 bits per heavy atom. The van der Waals surface area contributed by atoms with Gasteiger partial charge in [0.1, 0.15) is 21.8 Å². The molecular weight excluding hydrogens is 502 g/mol. The zero-order chi connectivity index (χ0) is 26.1. The fourth-order valence-electron chi connectivity index (χ4n) is 4.23. The number of thiocarbonyl (C=S) groups is 1. The molecule has 4 heterocycles. The van der Waals surface area contributed by atoms with Gasteiger partial charge >= 0.3 is 5.97 Å². The SMILES string of the molecule is CCC(C)N1C(=O)/C(=C/c2c(N3CCNC(=O)C3CC(=O)OC)nc3c(C)cccn3c2=O)SC1=S. The van der Waals surface area contributed by atoms with E-state index in [1.807, 2.05) is 26.8 Å². The van der Waals surface area contributed by atoms with Gasteiger partial charge in [-0.05, 0) is 38.0 Å². The maximum absolute atomic E-state index is 13.8. The molecule has 0 radical (unpaired) electrons. The summed E-state index contributed by atoms with van der Waals surface area (Å²) in [5.41, 5.74) is 0.934. The average Bonchev–Trinajstić information content (AvgIpc) is 3.14. The molecule has 0 aliphatic carbocycles. The number of pyridine rings is 1. The Morgan fingerprint density at radius 2 is 2.14 bits per heavy atom. The summed E-state index contributed by atoms with van der Waals surface area (Å²) in [7, 11) is 1.25. The van der Waals surface area contributed by atoms with Crippen molar-refractivity contribution in [2.75, 3.05) is 25.1 Å². The van der Waals surface area contributed by atoms with Crippen LogP contribution in [0.5, 0.6) is 0 Å². The van der Waals surface area contributed by atoms with Crippen LogP contribution in [0, 0.1) is 6.92 Å². The molecule has 2 aromatic heterocycles. The van der Waals surface area contributed by atoms with Gasteiger partial charge < -0.3 is 15.0 Å². The first-order valence-corrected chi connectivity index (χ1v) is 12.8. The minimum atomic E-state index is -0.925. The van der Waals surface area contributed by atoms with Gasteiger partial charge in [-0.25, -0.2) is 4.98 Å². The first-order valence-electron chi connectivity index (χ1n) is 11.6. The topological polar surface area (TPSA) is 113 Å². The number of nitrogens with one attached hydrogen (secondary N) is 1. The van der Waals surface area contributed by atoms with Crippen LogP contribution in [-0.4, -0.2) is 68.7 Å². The molecule has 2 atom stereocenters. The first kappa shape index (κ1) is 25.8. The number of hydrogen-bond donors (Lipinski definition) is 1. The number of hydrogen-bond acceptors (Lipinski definition) is 9. The maximum Gasteiger partial charge on any atom is 0.308 e. The Balaban J connectivity index is 1.92. The highest BCUT2D eigenvalue weighted by Crippen LogP contribution is 2.35. The molecule has 1 N–H and O–H groups in total. The summed E-state index contributed by atoms with van der Waals surface area (Å²) >= 11 is 6.58. The summed E-state index contributed by atoms with van der Waals surface area (Å²) in [6, 6.07) is 2.56. The summed E-state index contributed by atoms with van der Waals surface area (Å²) in [4.78, 5) is 60.1. The summed E-state index contributed by atoms with van der Waals surface area (Å²) in [5.74, 6) is -0.979. The molecule has 4 rings (SSSR count). The van der Waals surface area contributed by atoms with Crippen LogP contribution in [0.4, 0.5) is 5.82 Å². The average molecular weight is 530 g/mol. The van der Waals surface area contributed by atoms with Gasteiger partial charge in [0.25, 0.3) is 11.5 Å². The van der Waals surface area contributed by atoms with Gasteiger partial charge in [-0.15, -0.1) is 0 Å². The predicted molar refractivity (Wildman–Crippen MR) is 142 cm³/mol. The fraction of sp³-hybridized carbons (Fsp3) is 0.417. The smallest absolute Gasteiger partial charge is 0.308 e. The van der Waals surface area contributed by atoms with E-state index in [-0.39, 0.29) is 35.7 Å². The van der Waals surface area contributed by atoms with Crippen LogP contribution in [0.2, 0.25) is 0 Å². The van der Waals surface area contributed by atoms with Gasteiger partial charge in [-0.1, -0.05) is 37.0 Å². The molecule has 2 amide bonds. The van der Waals surface area contributed by atoms with E-state index in [2.05, 4.69) is 5.32 Å². The molecule has 2 fully saturated rings. The molecule has 2 aromatic rings. The Bertz CT molecular complexity index is 1350. The minimum absolute atomic E-state index is 0.0865. The Labute approximate surface area is 217 Å². The van der Waals surface area contributed by atoms with E-state index in [0.29, 0.717) is 28.0 Å². The first-order chi connectivity index (χ1) is 17.2. The highest BCUT2D eigenvalue weighted by Gasteiger charge is 2.37. The van der Waals surface area contributed by atoms with E-state index < -0.39 is 17.6 Å². The van der Waals surface area contributed by atoms with Gasteiger partial charge in [-0.3, -0.25) is 28.5 Å². The highest BCUT2D eigenvalue weighted by atomic mass is 32.2. The molecule has 2 unspecified atom stereocenters. The number of rotatable bonds is 6. The number of aromatic nitrogens is 2. The van der Waals surface area contributed by atoms with Crippen LogP contribution < -0.4 is 15.8 Å². The van der Waals surface area contributed by atoms with Crippen LogP contribution in [0.3, 0.4) is 0 Å². The normalized spacial score (nSPS) is 20.3. The number of carbonyl (C=O) groups excluding carboxylic acids is 3. The Kier molecular flexibility index (Phi) is 7.46. The van der Waals surface area contributed by atoms with E-state index in [1.54, 1.807) is 22.1 Å². The van der Waals surface area contributed by atoms with Crippen molar-refractivity contribution in [1.29, 1.82) is 0 Å². The van der Waals surface area contributed by atoms with Gasteiger partial charge in [0.15, 0.2) is 0 Å². The molecule has 36 heavy (non-hydrogen) atoms. The zero-order valence-electron chi connectivity index (χ0n) is 20.4. The Morgan fingerprint density at radius 1 is 1.39 bits per heavy atom. The second-order valence-electron chi connectivity index (χ2n) is 8.63. The number of esters is 1. The maximum atomic E-state index is 13.8. The van der Waals surface area contributed by atoms with Crippen LogP contribution in [0.1, 0.15) is 37.8 Å². The van der Waals surface area contributed by atoms with E-state index in [9.17, 15) is 19.2 Å². The molecule has 0 spiro atoms. The molecule has 0 aromatic carbocycles. The second kappa shape index (κ2) is 10.4. The number of thioether (sulfide) groups is 1. The summed E-state index contributed by atoms with van der Waals surface area (Å²) in [5, 5.41) is 2.76. The van der Waals surface area contributed by atoms with Gasteiger partial charge in [-0.2, -0.15) is 0 Å². The summed E-state index contributed by atoms with van der Waals surface area (Å²) in [6.45, 7) is 6.34. The van der Waals surface area contributed by atoms with Crippen LogP contribution in [0.25, 0.3) is 11.7 Å². The number of ether oxygens (including phenoxy) is 1. The third kappa shape index (κ3) is 4.62. The molecule has 2 saturated heterocycles.